The van der Waals surface area contributed by atoms with Crippen molar-refractivity contribution >= 4 is 0 Å². The minimum Gasteiger partial charge on any atom is -0.381 e. The number of likely N-dealkylation sites (tertiary alicyclic amines) is 1. The summed E-state index contributed by atoms with van der Waals surface area (Å²) in [5.41, 5.74) is 5.98. The van der Waals surface area contributed by atoms with E-state index in [-0.39, 0.29) is 5.41 Å². The van der Waals surface area contributed by atoms with Crippen LogP contribution in [0.2, 0.25) is 0 Å². The van der Waals surface area contributed by atoms with E-state index >= 15 is 0 Å². The van der Waals surface area contributed by atoms with Crippen LogP contribution in [0.4, 0.5) is 0 Å². The molecule has 0 radical (unpaired) electrons. The predicted octanol–water partition coefficient (Wildman–Crippen LogP) is 1.08. The molecule has 0 aliphatic carbocycles. The van der Waals surface area contributed by atoms with E-state index in [0.717, 1.165) is 39.0 Å². The average molecular weight is 200 g/mol. The van der Waals surface area contributed by atoms with Gasteiger partial charge in [-0.15, -0.1) is 0 Å². The van der Waals surface area contributed by atoms with E-state index in [4.69, 9.17) is 10.5 Å². The Bertz CT molecular complexity index is 163. The maximum absolute atomic E-state index is 5.73. The van der Waals surface area contributed by atoms with Gasteiger partial charge >= 0.3 is 0 Å². The lowest BCUT2D eigenvalue weighted by molar-refractivity contribution is 0.0308. The molecule has 3 nitrogen and oxygen atoms in total. The first-order chi connectivity index (χ1) is 6.57. The second kappa shape index (κ2) is 5.10. The highest BCUT2D eigenvalue weighted by Gasteiger charge is 2.24. The number of ether oxygens (including phenoxy) is 1. The van der Waals surface area contributed by atoms with Crippen LogP contribution in [0, 0.1) is 5.41 Å². The van der Waals surface area contributed by atoms with Crippen molar-refractivity contribution in [2.75, 3.05) is 33.3 Å². The Morgan fingerprint density at radius 2 is 1.93 bits per heavy atom. The molecule has 1 fully saturated rings. The van der Waals surface area contributed by atoms with Crippen molar-refractivity contribution in [2.45, 2.75) is 32.8 Å². The molecule has 0 unspecified atom stereocenters. The van der Waals surface area contributed by atoms with Gasteiger partial charge in [0, 0.05) is 26.7 Å². The first-order valence-electron chi connectivity index (χ1n) is 5.52. The molecule has 3 heteroatoms. The van der Waals surface area contributed by atoms with Crippen molar-refractivity contribution in [3.05, 3.63) is 0 Å². The minimum atomic E-state index is 0.250. The Labute approximate surface area is 87.6 Å². The Hall–Kier alpha value is -0.120. The van der Waals surface area contributed by atoms with Gasteiger partial charge in [-0.1, -0.05) is 13.8 Å². The Kier molecular flexibility index (Phi) is 4.35. The quantitative estimate of drug-likeness (QED) is 0.738. The third kappa shape index (κ3) is 3.56. The van der Waals surface area contributed by atoms with Crippen LogP contribution in [0.25, 0.3) is 0 Å². The second-order valence-corrected chi connectivity index (χ2v) is 5.08. The number of rotatable bonds is 4. The molecule has 0 bridgehead atoms. The third-order valence-corrected chi connectivity index (χ3v) is 3.07. The number of hydrogen-bond acceptors (Lipinski definition) is 3. The lowest BCUT2D eigenvalue weighted by Gasteiger charge is -2.36. The SMILES string of the molecule is COC1CCN(CC(C)(C)CN)CC1. The van der Waals surface area contributed by atoms with Gasteiger partial charge in [-0.25, -0.2) is 0 Å². The van der Waals surface area contributed by atoms with E-state index in [0.29, 0.717) is 6.10 Å². The fraction of sp³-hybridized carbons (Fsp3) is 1.00. The number of nitrogens with zero attached hydrogens (tertiary/aromatic N) is 1. The molecule has 1 aliphatic rings. The monoisotopic (exact) mass is 200 g/mol. The van der Waals surface area contributed by atoms with Gasteiger partial charge < -0.3 is 15.4 Å². The summed E-state index contributed by atoms with van der Waals surface area (Å²) in [5.74, 6) is 0. The molecular weight excluding hydrogens is 176 g/mol. The lowest BCUT2D eigenvalue weighted by Crippen LogP contribution is -2.44. The van der Waals surface area contributed by atoms with E-state index in [1.165, 1.54) is 0 Å². The molecule has 1 saturated heterocycles. The van der Waals surface area contributed by atoms with Gasteiger partial charge in [0.2, 0.25) is 0 Å². The molecule has 1 rings (SSSR count). The molecule has 0 saturated carbocycles. The summed E-state index contributed by atoms with van der Waals surface area (Å²) < 4.78 is 5.34. The first-order valence-corrected chi connectivity index (χ1v) is 5.52. The molecule has 0 aromatic heterocycles. The Morgan fingerprint density at radius 1 is 1.36 bits per heavy atom. The molecular formula is C11H24N2O. The van der Waals surface area contributed by atoms with Gasteiger partial charge in [0.25, 0.3) is 0 Å². The van der Waals surface area contributed by atoms with Gasteiger partial charge in [-0.3, -0.25) is 0 Å². The summed E-state index contributed by atoms with van der Waals surface area (Å²) in [5, 5.41) is 0. The van der Waals surface area contributed by atoms with Crippen LogP contribution in [0.5, 0.6) is 0 Å². The van der Waals surface area contributed by atoms with Crippen LogP contribution in [-0.4, -0.2) is 44.3 Å². The fourth-order valence-electron chi connectivity index (χ4n) is 1.97. The lowest BCUT2D eigenvalue weighted by atomic mass is 9.92. The molecule has 0 aromatic carbocycles. The van der Waals surface area contributed by atoms with Crippen LogP contribution < -0.4 is 5.73 Å². The maximum Gasteiger partial charge on any atom is 0.0595 e. The van der Waals surface area contributed by atoms with Gasteiger partial charge in [0.1, 0.15) is 0 Å². The van der Waals surface area contributed by atoms with Crippen LogP contribution in [0.1, 0.15) is 26.7 Å². The molecule has 84 valence electrons. The van der Waals surface area contributed by atoms with Gasteiger partial charge in [0.15, 0.2) is 0 Å². The van der Waals surface area contributed by atoms with E-state index in [9.17, 15) is 0 Å². The molecule has 1 heterocycles. The molecule has 14 heavy (non-hydrogen) atoms. The molecule has 0 amide bonds. The Balaban J connectivity index is 2.28. The van der Waals surface area contributed by atoms with Crippen LogP contribution >= 0.6 is 0 Å². The van der Waals surface area contributed by atoms with Crippen molar-refractivity contribution in [3.63, 3.8) is 0 Å². The number of methoxy groups -OCH3 is 1. The summed E-state index contributed by atoms with van der Waals surface area (Å²) in [6, 6.07) is 0. The fourth-order valence-corrected chi connectivity index (χ4v) is 1.97. The summed E-state index contributed by atoms with van der Waals surface area (Å²) in [7, 11) is 1.81. The molecule has 2 N–H and O–H groups in total. The largest absolute Gasteiger partial charge is 0.381 e. The van der Waals surface area contributed by atoms with Crippen LogP contribution in [-0.2, 0) is 4.74 Å². The van der Waals surface area contributed by atoms with Crippen LogP contribution in [0.3, 0.4) is 0 Å². The number of hydrogen-bond donors (Lipinski definition) is 1. The summed E-state index contributed by atoms with van der Waals surface area (Å²) in [6.07, 6.45) is 2.81. The van der Waals surface area contributed by atoms with Crippen LogP contribution in [0.15, 0.2) is 0 Å². The van der Waals surface area contributed by atoms with Gasteiger partial charge in [-0.2, -0.15) is 0 Å². The summed E-state index contributed by atoms with van der Waals surface area (Å²) >= 11 is 0. The highest BCUT2D eigenvalue weighted by atomic mass is 16.5. The second-order valence-electron chi connectivity index (χ2n) is 5.08. The van der Waals surface area contributed by atoms with E-state index in [1.807, 2.05) is 7.11 Å². The smallest absolute Gasteiger partial charge is 0.0595 e. The normalized spacial score (nSPS) is 21.4. The predicted molar refractivity (Wildman–Crippen MR) is 59.3 cm³/mol. The zero-order valence-corrected chi connectivity index (χ0v) is 9.75. The van der Waals surface area contributed by atoms with Crippen molar-refractivity contribution in [2.24, 2.45) is 11.1 Å². The molecule has 0 aromatic rings. The molecule has 1 aliphatic heterocycles. The van der Waals surface area contributed by atoms with Crippen molar-refractivity contribution in [1.29, 1.82) is 0 Å². The van der Waals surface area contributed by atoms with Gasteiger partial charge in [-0.05, 0) is 24.8 Å². The summed E-state index contributed by atoms with van der Waals surface area (Å²) in [4.78, 5) is 2.50. The van der Waals surface area contributed by atoms with Gasteiger partial charge in [0.05, 0.1) is 6.10 Å². The zero-order chi connectivity index (χ0) is 10.6. The van der Waals surface area contributed by atoms with Crippen molar-refractivity contribution in [3.8, 4) is 0 Å². The zero-order valence-electron chi connectivity index (χ0n) is 9.75. The van der Waals surface area contributed by atoms with Crippen molar-refractivity contribution in [1.82, 2.24) is 4.90 Å². The van der Waals surface area contributed by atoms with E-state index in [1.54, 1.807) is 0 Å². The third-order valence-electron chi connectivity index (χ3n) is 3.07. The Morgan fingerprint density at radius 3 is 2.36 bits per heavy atom. The molecule has 0 atom stereocenters. The average Bonchev–Trinajstić information content (AvgIpc) is 2.19. The number of piperidine rings is 1. The first kappa shape index (κ1) is 12.0. The van der Waals surface area contributed by atoms with E-state index in [2.05, 4.69) is 18.7 Å². The standard InChI is InChI=1S/C11H24N2O/c1-11(2,8-12)9-13-6-4-10(14-3)5-7-13/h10H,4-9,12H2,1-3H3. The van der Waals surface area contributed by atoms with Crippen molar-refractivity contribution < 1.29 is 4.74 Å². The topological polar surface area (TPSA) is 38.5 Å². The summed E-state index contributed by atoms with van der Waals surface area (Å²) in [6.45, 7) is 8.64. The maximum atomic E-state index is 5.73. The number of nitrogens with two attached hydrogens (primary N) is 1. The molecule has 0 spiro atoms. The van der Waals surface area contributed by atoms with E-state index < -0.39 is 0 Å². The highest BCUT2D eigenvalue weighted by Crippen LogP contribution is 2.19. The highest BCUT2D eigenvalue weighted by molar-refractivity contribution is 4.79. The minimum absolute atomic E-state index is 0.250.